The average molecular weight is 239 g/mol. The van der Waals surface area contributed by atoms with E-state index in [1.54, 1.807) is 6.07 Å². The van der Waals surface area contributed by atoms with Crippen molar-refractivity contribution in [1.82, 2.24) is 0 Å². The van der Waals surface area contributed by atoms with Gasteiger partial charge in [-0.25, -0.2) is 0 Å². The van der Waals surface area contributed by atoms with Crippen LogP contribution in [0.15, 0.2) is 22.7 Å². The summed E-state index contributed by atoms with van der Waals surface area (Å²) in [5.41, 5.74) is 1.64. The van der Waals surface area contributed by atoms with E-state index in [4.69, 9.17) is 5.26 Å². The van der Waals surface area contributed by atoms with E-state index in [2.05, 4.69) is 41.2 Å². The maximum absolute atomic E-state index is 8.72. The third-order valence-corrected chi connectivity index (χ3v) is 1.94. The Labute approximate surface area is 86.7 Å². The maximum Gasteiger partial charge on any atom is 0.0992 e. The lowest BCUT2D eigenvalue weighted by molar-refractivity contribution is 0.899. The van der Waals surface area contributed by atoms with Gasteiger partial charge in [0.15, 0.2) is 0 Å². The molecule has 0 amide bonds. The Hall–Kier alpha value is -1.01. The molecule has 68 valence electrons. The van der Waals surface area contributed by atoms with Crippen molar-refractivity contribution >= 4 is 21.6 Å². The van der Waals surface area contributed by atoms with Gasteiger partial charge in [-0.05, 0) is 32.0 Å². The van der Waals surface area contributed by atoms with Gasteiger partial charge in [-0.1, -0.05) is 15.9 Å². The Morgan fingerprint density at radius 1 is 1.38 bits per heavy atom. The molecule has 1 rings (SSSR count). The fourth-order valence-electron chi connectivity index (χ4n) is 1.07. The first-order valence-corrected chi connectivity index (χ1v) is 4.88. The largest absolute Gasteiger partial charge is 0.383 e. The molecular formula is C10H11BrN2. The van der Waals surface area contributed by atoms with Gasteiger partial charge in [0.05, 0.1) is 11.6 Å². The summed E-state index contributed by atoms with van der Waals surface area (Å²) < 4.78 is 0.926. The Morgan fingerprint density at radius 3 is 2.62 bits per heavy atom. The minimum Gasteiger partial charge on any atom is -0.383 e. The molecule has 0 saturated heterocycles. The van der Waals surface area contributed by atoms with Gasteiger partial charge < -0.3 is 5.32 Å². The van der Waals surface area contributed by atoms with E-state index in [0.29, 0.717) is 11.6 Å². The highest BCUT2D eigenvalue weighted by atomic mass is 79.9. The molecule has 0 aliphatic carbocycles. The van der Waals surface area contributed by atoms with Crippen LogP contribution in [-0.4, -0.2) is 6.04 Å². The first-order valence-electron chi connectivity index (χ1n) is 4.09. The molecule has 1 aromatic carbocycles. The summed E-state index contributed by atoms with van der Waals surface area (Å²) in [5, 5.41) is 12.0. The van der Waals surface area contributed by atoms with Crippen LogP contribution in [-0.2, 0) is 0 Å². The van der Waals surface area contributed by atoms with Crippen molar-refractivity contribution in [3.8, 4) is 6.07 Å². The second kappa shape index (κ2) is 4.29. The van der Waals surface area contributed by atoms with Gasteiger partial charge in [-0.2, -0.15) is 5.26 Å². The molecule has 0 aromatic heterocycles. The molecule has 1 N–H and O–H groups in total. The average Bonchev–Trinajstić information content (AvgIpc) is 2.01. The highest BCUT2D eigenvalue weighted by Gasteiger charge is 1.99. The molecule has 0 bridgehead atoms. The number of benzene rings is 1. The highest BCUT2D eigenvalue weighted by molar-refractivity contribution is 9.10. The molecule has 2 nitrogen and oxygen atoms in total. The SMILES string of the molecule is CC(C)Nc1cc(Br)cc(C#N)c1. The number of anilines is 1. The molecule has 0 fully saturated rings. The molecule has 0 spiro atoms. The maximum atomic E-state index is 8.72. The molecule has 3 heteroatoms. The van der Waals surface area contributed by atoms with Crippen LogP contribution in [0.1, 0.15) is 19.4 Å². The summed E-state index contributed by atoms with van der Waals surface area (Å²) >= 11 is 3.35. The minimum absolute atomic E-state index is 0.376. The van der Waals surface area contributed by atoms with E-state index in [0.717, 1.165) is 10.2 Å². The highest BCUT2D eigenvalue weighted by Crippen LogP contribution is 2.19. The second-order valence-corrected chi connectivity index (χ2v) is 4.06. The quantitative estimate of drug-likeness (QED) is 0.860. The van der Waals surface area contributed by atoms with Gasteiger partial charge in [0.1, 0.15) is 0 Å². The standard InChI is InChI=1S/C10H11BrN2/c1-7(2)13-10-4-8(6-12)3-9(11)5-10/h3-5,7,13H,1-2H3. The van der Waals surface area contributed by atoms with Crippen molar-refractivity contribution in [3.05, 3.63) is 28.2 Å². The number of hydrogen-bond acceptors (Lipinski definition) is 2. The first-order chi connectivity index (χ1) is 6.11. The van der Waals surface area contributed by atoms with Crippen LogP contribution >= 0.6 is 15.9 Å². The topological polar surface area (TPSA) is 35.8 Å². The predicted octanol–water partition coefficient (Wildman–Crippen LogP) is 3.14. The van der Waals surface area contributed by atoms with Gasteiger partial charge in [-0.3, -0.25) is 0 Å². The van der Waals surface area contributed by atoms with E-state index in [1.165, 1.54) is 0 Å². The molecule has 13 heavy (non-hydrogen) atoms. The van der Waals surface area contributed by atoms with Gasteiger partial charge >= 0.3 is 0 Å². The summed E-state index contributed by atoms with van der Waals surface area (Å²) in [7, 11) is 0. The third kappa shape index (κ3) is 3.08. The van der Waals surface area contributed by atoms with Crippen LogP contribution in [0, 0.1) is 11.3 Å². The van der Waals surface area contributed by atoms with Crippen molar-refractivity contribution in [2.24, 2.45) is 0 Å². The lowest BCUT2D eigenvalue weighted by Crippen LogP contribution is -2.09. The lowest BCUT2D eigenvalue weighted by Gasteiger charge is -2.10. The molecule has 0 saturated carbocycles. The number of rotatable bonds is 2. The fraction of sp³-hybridized carbons (Fsp3) is 0.300. The predicted molar refractivity (Wildman–Crippen MR) is 57.6 cm³/mol. The number of halogens is 1. The van der Waals surface area contributed by atoms with Gasteiger partial charge in [0.2, 0.25) is 0 Å². The number of nitriles is 1. The minimum atomic E-state index is 0.376. The van der Waals surface area contributed by atoms with Gasteiger partial charge in [0.25, 0.3) is 0 Å². The zero-order valence-electron chi connectivity index (χ0n) is 7.63. The fourth-order valence-corrected chi connectivity index (χ4v) is 1.56. The molecule has 0 aliphatic rings. The summed E-state index contributed by atoms with van der Waals surface area (Å²) in [6.45, 7) is 4.12. The monoisotopic (exact) mass is 238 g/mol. The molecule has 0 heterocycles. The van der Waals surface area contributed by atoms with E-state index < -0.39 is 0 Å². The van der Waals surface area contributed by atoms with Gasteiger partial charge in [-0.15, -0.1) is 0 Å². The van der Waals surface area contributed by atoms with Crippen molar-refractivity contribution in [2.75, 3.05) is 5.32 Å². The van der Waals surface area contributed by atoms with E-state index in [-0.39, 0.29) is 0 Å². The first kappa shape index (κ1) is 10.1. The van der Waals surface area contributed by atoms with Crippen LogP contribution in [0.5, 0.6) is 0 Å². The van der Waals surface area contributed by atoms with Crippen LogP contribution in [0.25, 0.3) is 0 Å². The zero-order chi connectivity index (χ0) is 9.84. The van der Waals surface area contributed by atoms with Gasteiger partial charge in [0, 0.05) is 16.2 Å². The molecule has 0 radical (unpaired) electrons. The Kier molecular flexibility index (Phi) is 3.32. The zero-order valence-corrected chi connectivity index (χ0v) is 9.22. The van der Waals surface area contributed by atoms with Crippen molar-refractivity contribution in [3.63, 3.8) is 0 Å². The molecule has 1 aromatic rings. The van der Waals surface area contributed by atoms with Crippen LogP contribution in [0.2, 0.25) is 0 Å². The van der Waals surface area contributed by atoms with Crippen molar-refractivity contribution in [2.45, 2.75) is 19.9 Å². The van der Waals surface area contributed by atoms with Crippen LogP contribution < -0.4 is 5.32 Å². The van der Waals surface area contributed by atoms with Crippen molar-refractivity contribution in [1.29, 1.82) is 5.26 Å². The molecule has 0 aliphatic heterocycles. The Bertz CT molecular complexity index is 339. The van der Waals surface area contributed by atoms with E-state index >= 15 is 0 Å². The van der Waals surface area contributed by atoms with Crippen LogP contribution in [0.4, 0.5) is 5.69 Å². The summed E-state index contributed by atoms with van der Waals surface area (Å²) in [5.74, 6) is 0. The number of hydrogen-bond donors (Lipinski definition) is 1. The third-order valence-electron chi connectivity index (χ3n) is 1.48. The Morgan fingerprint density at radius 2 is 2.08 bits per heavy atom. The van der Waals surface area contributed by atoms with Crippen molar-refractivity contribution < 1.29 is 0 Å². The molecular weight excluding hydrogens is 228 g/mol. The number of nitrogens with one attached hydrogen (secondary N) is 1. The second-order valence-electron chi connectivity index (χ2n) is 3.14. The number of nitrogens with zero attached hydrogens (tertiary/aromatic N) is 1. The molecule has 0 atom stereocenters. The summed E-state index contributed by atoms with van der Waals surface area (Å²) in [6, 6.07) is 8.08. The smallest absolute Gasteiger partial charge is 0.0992 e. The van der Waals surface area contributed by atoms with E-state index in [9.17, 15) is 0 Å². The van der Waals surface area contributed by atoms with Crippen LogP contribution in [0.3, 0.4) is 0 Å². The van der Waals surface area contributed by atoms with E-state index in [1.807, 2.05) is 12.1 Å². The Balaban J connectivity index is 2.96. The summed E-state index contributed by atoms with van der Waals surface area (Å²) in [4.78, 5) is 0. The molecule has 0 unspecified atom stereocenters. The summed E-state index contributed by atoms with van der Waals surface area (Å²) in [6.07, 6.45) is 0. The normalized spacial score (nSPS) is 9.77. The lowest BCUT2D eigenvalue weighted by atomic mass is 10.2.